The summed E-state index contributed by atoms with van der Waals surface area (Å²) in [6.07, 6.45) is -2.18. The summed E-state index contributed by atoms with van der Waals surface area (Å²) in [5.41, 5.74) is 0.396. The van der Waals surface area contributed by atoms with Crippen LogP contribution < -0.4 is 5.32 Å². The van der Waals surface area contributed by atoms with Gasteiger partial charge in [-0.3, -0.25) is 0 Å². The summed E-state index contributed by atoms with van der Waals surface area (Å²) >= 11 is 0. The Morgan fingerprint density at radius 1 is 1.39 bits per heavy atom. The fourth-order valence-corrected chi connectivity index (χ4v) is 1.99. The molecule has 0 aliphatic carbocycles. The lowest BCUT2D eigenvalue weighted by molar-refractivity contribution is -0.137. The minimum absolute atomic E-state index is 0.203. The second-order valence-electron chi connectivity index (χ2n) is 5.35. The summed E-state index contributed by atoms with van der Waals surface area (Å²) in [5, 5.41) is 6.92. The first-order chi connectivity index (χ1) is 10.8. The predicted octanol–water partition coefficient (Wildman–Crippen LogP) is 3.80. The van der Waals surface area contributed by atoms with Crippen molar-refractivity contribution in [2.24, 2.45) is 0 Å². The van der Waals surface area contributed by atoms with Crippen molar-refractivity contribution in [1.82, 2.24) is 15.5 Å². The molecule has 1 aromatic carbocycles. The smallest absolute Gasteiger partial charge is 0.335 e. The molecular weight excluding hydrogens is 307 g/mol. The number of likely N-dealkylation sites (N-methyl/N-ethyl adjacent to an activating group) is 1. The number of rotatable bonds is 5. The van der Waals surface area contributed by atoms with Gasteiger partial charge in [0.1, 0.15) is 0 Å². The SMILES string of the molecule is CNC(C)Cc1noc(/C=C(/C)c2cccc(C(F)(F)F)c2)n1. The van der Waals surface area contributed by atoms with Gasteiger partial charge in [0.05, 0.1) is 5.56 Å². The molecule has 0 fully saturated rings. The number of hydrogen-bond donors (Lipinski definition) is 1. The fraction of sp³-hybridized carbons (Fsp3) is 0.375. The highest BCUT2D eigenvalue weighted by molar-refractivity contribution is 5.78. The molecule has 0 aliphatic rings. The number of halogens is 3. The zero-order valence-electron chi connectivity index (χ0n) is 13.1. The number of nitrogens with one attached hydrogen (secondary N) is 1. The maximum absolute atomic E-state index is 12.8. The van der Waals surface area contributed by atoms with Crippen LogP contribution >= 0.6 is 0 Å². The Bertz CT molecular complexity index is 692. The number of aromatic nitrogens is 2. The van der Waals surface area contributed by atoms with Crippen molar-refractivity contribution in [1.29, 1.82) is 0 Å². The van der Waals surface area contributed by atoms with Crippen LogP contribution in [0.3, 0.4) is 0 Å². The van der Waals surface area contributed by atoms with Crippen LogP contribution in [-0.2, 0) is 12.6 Å². The van der Waals surface area contributed by atoms with E-state index in [0.717, 1.165) is 12.1 Å². The van der Waals surface area contributed by atoms with Gasteiger partial charge >= 0.3 is 6.18 Å². The lowest BCUT2D eigenvalue weighted by atomic mass is 10.0. The summed E-state index contributed by atoms with van der Waals surface area (Å²) in [7, 11) is 1.84. The van der Waals surface area contributed by atoms with Gasteiger partial charge in [-0.1, -0.05) is 17.3 Å². The van der Waals surface area contributed by atoms with Gasteiger partial charge in [0.2, 0.25) is 0 Å². The zero-order chi connectivity index (χ0) is 17.0. The van der Waals surface area contributed by atoms with Crippen molar-refractivity contribution >= 4 is 11.6 Å². The van der Waals surface area contributed by atoms with Gasteiger partial charge in [-0.25, -0.2) is 0 Å². The highest BCUT2D eigenvalue weighted by Gasteiger charge is 2.30. The van der Waals surface area contributed by atoms with Crippen LogP contribution in [0.15, 0.2) is 28.8 Å². The maximum Gasteiger partial charge on any atom is 0.416 e. The minimum atomic E-state index is -4.36. The molecule has 1 unspecified atom stereocenters. The van der Waals surface area contributed by atoms with E-state index in [0.29, 0.717) is 23.4 Å². The third-order valence-corrected chi connectivity index (χ3v) is 3.45. The van der Waals surface area contributed by atoms with E-state index in [1.54, 1.807) is 19.1 Å². The zero-order valence-corrected chi connectivity index (χ0v) is 13.1. The molecule has 124 valence electrons. The third kappa shape index (κ3) is 4.66. The molecule has 1 N–H and O–H groups in total. The molecule has 0 spiro atoms. The molecule has 0 aliphatic heterocycles. The number of allylic oxidation sites excluding steroid dienone is 1. The van der Waals surface area contributed by atoms with Crippen molar-refractivity contribution in [3.8, 4) is 0 Å². The van der Waals surface area contributed by atoms with Crippen LogP contribution in [-0.4, -0.2) is 23.2 Å². The highest BCUT2D eigenvalue weighted by Crippen LogP contribution is 2.31. The van der Waals surface area contributed by atoms with Gasteiger partial charge in [0, 0.05) is 18.5 Å². The van der Waals surface area contributed by atoms with Gasteiger partial charge in [-0.05, 0) is 44.2 Å². The van der Waals surface area contributed by atoms with Crippen molar-refractivity contribution in [3.05, 3.63) is 47.1 Å². The highest BCUT2D eigenvalue weighted by atomic mass is 19.4. The molecule has 0 radical (unpaired) electrons. The molecule has 1 atom stereocenters. The van der Waals surface area contributed by atoms with E-state index in [4.69, 9.17) is 4.52 Å². The second kappa shape index (κ2) is 6.95. The number of benzene rings is 1. The van der Waals surface area contributed by atoms with Gasteiger partial charge in [-0.15, -0.1) is 0 Å². The van der Waals surface area contributed by atoms with Gasteiger partial charge in [0.15, 0.2) is 5.82 Å². The van der Waals surface area contributed by atoms with Crippen molar-refractivity contribution in [3.63, 3.8) is 0 Å². The first-order valence-corrected chi connectivity index (χ1v) is 7.15. The van der Waals surface area contributed by atoms with Gasteiger partial charge in [-0.2, -0.15) is 18.2 Å². The first kappa shape index (κ1) is 17.2. The predicted molar refractivity (Wildman–Crippen MR) is 81.5 cm³/mol. The third-order valence-electron chi connectivity index (χ3n) is 3.45. The summed E-state index contributed by atoms with van der Waals surface area (Å²) in [6.45, 7) is 3.69. The summed E-state index contributed by atoms with van der Waals surface area (Å²) in [6, 6.07) is 5.34. The average Bonchev–Trinajstić information content (AvgIpc) is 2.93. The minimum Gasteiger partial charge on any atom is -0.335 e. The van der Waals surface area contributed by atoms with Crippen molar-refractivity contribution < 1.29 is 17.7 Å². The molecule has 2 aromatic rings. The fourth-order valence-electron chi connectivity index (χ4n) is 1.99. The summed E-state index contributed by atoms with van der Waals surface area (Å²) < 4.78 is 43.4. The lowest BCUT2D eigenvalue weighted by Gasteiger charge is -2.08. The largest absolute Gasteiger partial charge is 0.416 e. The Kier molecular flexibility index (Phi) is 5.20. The number of hydrogen-bond acceptors (Lipinski definition) is 4. The molecular formula is C16H18F3N3O. The molecule has 1 aromatic heterocycles. The van der Waals surface area contributed by atoms with Crippen LogP contribution in [0.25, 0.3) is 11.6 Å². The Labute approximate surface area is 132 Å². The van der Waals surface area contributed by atoms with Crippen LogP contribution in [0.5, 0.6) is 0 Å². The summed E-state index contributed by atoms with van der Waals surface area (Å²) in [5.74, 6) is 0.827. The van der Waals surface area contributed by atoms with E-state index >= 15 is 0 Å². The molecule has 1 heterocycles. The van der Waals surface area contributed by atoms with E-state index in [9.17, 15) is 13.2 Å². The number of alkyl halides is 3. The van der Waals surface area contributed by atoms with Crippen LogP contribution in [0, 0.1) is 0 Å². The monoisotopic (exact) mass is 325 g/mol. The lowest BCUT2D eigenvalue weighted by Crippen LogP contribution is -2.24. The van der Waals surface area contributed by atoms with Crippen LogP contribution in [0.1, 0.15) is 36.7 Å². The Morgan fingerprint density at radius 3 is 2.78 bits per heavy atom. The van der Waals surface area contributed by atoms with Crippen LogP contribution in [0.2, 0.25) is 0 Å². The molecule has 0 saturated carbocycles. The van der Waals surface area contributed by atoms with Crippen LogP contribution in [0.4, 0.5) is 13.2 Å². The molecule has 0 saturated heterocycles. The Morgan fingerprint density at radius 2 is 2.13 bits per heavy atom. The van der Waals surface area contributed by atoms with E-state index in [1.807, 2.05) is 14.0 Å². The molecule has 4 nitrogen and oxygen atoms in total. The second-order valence-corrected chi connectivity index (χ2v) is 5.35. The first-order valence-electron chi connectivity index (χ1n) is 7.15. The van der Waals surface area contributed by atoms with E-state index < -0.39 is 11.7 Å². The molecule has 23 heavy (non-hydrogen) atoms. The van der Waals surface area contributed by atoms with Crippen molar-refractivity contribution in [2.45, 2.75) is 32.5 Å². The van der Waals surface area contributed by atoms with Crippen molar-refractivity contribution in [2.75, 3.05) is 7.05 Å². The Balaban J connectivity index is 2.20. The molecule has 7 heteroatoms. The molecule has 0 bridgehead atoms. The number of nitrogens with zero attached hydrogens (tertiary/aromatic N) is 2. The van der Waals surface area contributed by atoms with Gasteiger partial charge < -0.3 is 9.84 Å². The molecule has 0 amide bonds. The quantitative estimate of drug-likeness (QED) is 0.908. The Hall–Kier alpha value is -2.15. The topological polar surface area (TPSA) is 51.0 Å². The van der Waals surface area contributed by atoms with E-state index in [-0.39, 0.29) is 11.9 Å². The van der Waals surface area contributed by atoms with Gasteiger partial charge in [0.25, 0.3) is 5.89 Å². The van der Waals surface area contributed by atoms with E-state index in [2.05, 4.69) is 15.5 Å². The maximum atomic E-state index is 12.8. The van der Waals surface area contributed by atoms with E-state index in [1.165, 1.54) is 6.07 Å². The summed E-state index contributed by atoms with van der Waals surface area (Å²) in [4.78, 5) is 4.22. The normalized spacial score (nSPS) is 14.1. The average molecular weight is 325 g/mol. The molecule has 2 rings (SSSR count). The standard InChI is InChI=1S/C16H18F3N3O/c1-10(12-5-4-6-13(9-12)16(17,18)19)7-15-21-14(22-23-15)8-11(2)20-3/h4-7,9,11,20H,8H2,1-3H3/b10-7-.